The Labute approximate surface area is 377 Å². The highest BCUT2D eigenvalue weighted by molar-refractivity contribution is 5.97. The summed E-state index contributed by atoms with van der Waals surface area (Å²) in [6.07, 6.45) is 1.26. The molecule has 16 N–H and O–H groups in total. The lowest BCUT2D eigenvalue weighted by molar-refractivity contribution is -0.141. The number of carboxylic acids is 1. The zero-order valence-electron chi connectivity index (χ0n) is 36.5. The zero-order valence-corrected chi connectivity index (χ0v) is 36.5. The first-order chi connectivity index (χ1) is 31.2. The van der Waals surface area contributed by atoms with E-state index in [9.17, 15) is 67.7 Å². The summed E-state index contributed by atoms with van der Waals surface area (Å²) >= 11 is 0. The van der Waals surface area contributed by atoms with E-state index in [1.54, 1.807) is 20.0 Å². The molecule has 2 rings (SSSR count). The first kappa shape index (κ1) is 54.7. The first-order valence-corrected chi connectivity index (χ1v) is 20.7. The molecule has 66 heavy (non-hydrogen) atoms. The van der Waals surface area contributed by atoms with Crippen LogP contribution in [0.1, 0.15) is 52.0 Å². The molecule has 1 heterocycles. The Morgan fingerprint density at radius 3 is 1.92 bits per heavy atom. The molecule has 26 heteroatoms. The number of aliphatic hydroxyl groups is 1. The van der Waals surface area contributed by atoms with E-state index in [0.717, 1.165) is 16.5 Å². The predicted octanol–water partition coefficient (Wildman–Crippen LogP) is -6.08. The van der Waals surface area contributed by atoms with Crippen LogP contribution in [0, 0.1) is 5.92 Å². The van der Waals surface area contributed by atoms with Gasteiger partial charge in [0.2, 0.25) is 59.1 Å². The predicted molar refractivity (Wildman–Crippen MR) is 231 cm³/mol. The SMILES string of the molecule is CC[C@H](C)[C@H](NC(=O)CNC(=O)CNC(=O)[C@H](CC(=O)O)NC(=O)[C@H](C)NC(=O)CNC(=O)[C@H](CCC(N)=O)NC(=O)CN)C(=O)N[C@@H](CO)C(=O)N[C@H](C=O)Cc1c[nH]c2ccccc12. The number of carboxylic acid groups (broad SMARTS) is 1. The number of hydrogen-bond donors (Lipinski definition) is 14. The number of primary amides is 1. The quantitative estimate of drug-likeness (QED) is 0.0338. The number of benzene rings is 1. The lowest BCUT2D eigenvalue weighted by atomic mass is 9.98. The van der Waals surface area contributed by atoms with E-state index >= 15 is 0 Å². The monoisotopic (exact) mass is 930 g/mol. The number of aromatic amines is 1. The summed E-state index contributed by atoms with van der Waals surface area (Å²) in [5.41, 5.74) is 11.9. The molecule has 7 atom stereocenters. The lowest BCUT2D eigenvalue weighted by Gasteiger charge is -2.26. The fraction of sp³-hybridized carbons (Fsp3) is 0.500. The number of amides is 10. The van der Waals surface area contributed by atoms with Gasteiger partial charge in [0.25, 0.3) is 0 Å². The number of nitrogens with two attached hydrogens (primary N) is 2. The van der Waals surface area contributed by atoms with Gasteiger partial charge < -0.3 is 79.3 Å². The van der Waals surface area contributed by atoms with Crippen LogP contribution in [0.15, 0.2) is 30.5 Å². The number of H-pyrrole nitrogens is 1. The summed E-state index contributed by atoms with van der Waals surface area (Å²) in [5, 5.41) is 40.7. The Balaban J connectivity index is 1.90. The molecule has 0 spiro atoms. The number of aliphatic carboxylic acids is 1. The zero-order chi connectivity index (χ0) is 49.5. The van der Waals surface area contributed by atoms with Crippen molar-refractivity contribution < 1.29 is 67.7 Å². The van der Waals surface area contributed by atoms with Gasteiger partial charge in [-0.2, -0.15) is 0 Å². The second kappa shape index (κ2) is 27.6. The van der Waals surface area contributed by atoms with Crippen molar-refractivity contribution in [3.8, 4) is 0 Å². The third-order valence-electron chi connectivity index (χ3n) is 9.83. The van der Waals surface area contributed by atoms with Crippen LogP contribution < -0.4 is 59.3 Å². The molecule has 2 aromatic rings. The van der Waals surface area contributed by atoms with E-state index in [1.165, 1.54) is 6.92 Å². The molecule has 1 aromatic heterocycles. The summed E-state index contributed by atoms with van der Waals surface area (Å²) in [7, 11) is 0. The molecular formula is C40H58N12O14. The molecule has 1 aromatic carbocycles. The van der Waals surface area contributed by atoms with Crippen LogP contribution in [-0.2, 0) is 64.0 Å². The standard InChI is InChI=1S/C40H58N12O14/c1-4-20(2)35(40(66)51-28(19-54)39(65)48-23(18-53)11-22-14-43-25-8-6-5-7-24(22)25)52-33(59)16-44-31(57)15-45-38(64)27(12-34(60)61)50-36(62)21(3)47-32(58)17-46-37(63)26(9-10-29(42)55)49-30(56)13-41/h5-8,14,18,20-21,23,26-28,35,43,54H,4,9-13,15-17,19,41H2,1-3H3,(H2,42,55)(H,44,57)(H,45,64)(H,46,63)(H,47,58)(H,48,65)(H,49,56)(H,50,62)(H,51,66)(H,52,59)(H,60,61)/t20-,21-,23-,26-,27-,28-,35-/m0/s1. The number of carbonyl (C=O) groups excluding carboxylic acids is 11. The molecule has 26 nitrogen and oxygen atoms in total. The summed E-state index contributed by atoms with van der Waals surface area (Å²) in [4.78, 5) is 152. The van der Waals surface area contributed by atoms with Crippen LogP contribution in [0.4, 0.5) is 0 Å². The number of carbonyl (C=O) groups is 12. The first-order valence-electron chi connectivity index (χ1n) is 20.7. The Morgan fingerprint density at radius 1 is 0.712 bits per heavy atom. The van der Waals surface area contributed by atoms with E-state index in [2.05, 4.69) is 52.8 Å². The number of para-hydroxylation sites is 1. The number of nitrogens with one attached hydrogen (secondary N) is 10. The minimum absolute atomic E-state index is 0.115. The fourth-order valence-electron chi connectivity index (χ4n) is 6.01. The molecule has 0 aliphatic heterocycles. The van der Waals surface area contributed by atoms with Crippen LogP contribution in [-0.4, -0.2) is 156 Å². The molecule has 0 unspecified atom stereocenters. The van der Waals surface area contributed by atoms with Crippen molar-refractivity contribution in [2.75, 3.05) is 32.8 Å². The number of rotatable bonds is 29. The van der Waals surface area contributed by atoms with Gasteiger partial charge in [-0.1, -0.05) is 38.5 Å². The maximum absolute atomic E-state index is 13.3. The molecule has 10 amide bonds. The van der Waals surface area contributed by atoms with E-state index in [-0.39, 0.29) is 19.3 Å². The molecular weight excluding hydrogens is 873 g/mol. The Bertz CT molecular complexity index is 2100. The summed E-state index contributed by atoms with van der Waals surface area (Å²) in [6.45, 7) is 0.978. The third kappa shape index (κ3) is 18.7. The van der Waals surface area contributed by atoms with E-state index in [4.69, 9.17) is 11.5 Å². The lowest BCUT2D eigenvalue weighted by Crippen LogP contribution is -2.58. The van der Waals surface area contributed by atoms with Crippen molar-refractivity contribution in [3.63, 3.8) is 0 Å². The second-order valence-electron chi connectivity index (χ2n) is 15.0. The van der Waals surface area contributed by atoms with Crippen molar-refractivity contribution >= 4 is 82.2 Å². The van der Waals surface area contributed by atoms with Crippen LogP contribution in [0.2, 0.25) is 0 Å². The maximum atomic E-state index is 13.3. The number of aliphatic hydroxyl groups excluding tert-OH is 1. The van der Waals surface area contributed by atoms with E-state index in [1.807, 2.05) is 24.3 Å². The van der Waals surface area contributed by atoms with Crippen LogP contribution in [0.5, 0.6) is 0 Å². The van der Waals surface area contributed by atoms with Crippen LogP contribution in [0.3, 0.4) is 0 Å². The normalized spacial score (nSPS) is 14.0. The average Bonchev–Trinajstić information content (AvgIpc) is 3.69. The molecule has 0 saturated carbocycles. The fourth-order valence-corrected chi connectivity index (χ4v) is 6.01. The number of aldehydes is 1. The van der Waals surface area contributed by atoms with Crippen LogP contribution >= 0.6 is 0 Å². The largest absolute Gasteiger partial charge is 0.481 e. The van der Waals surface area contributed by atoms with Crippen molar-refractivity contribution in [1.82, 2.24) is 52.8 Å². The highest BCUT2D eigenvalue weighted by atomic mass is 16.4. The van der Waals surface area contributed by atoms with E-state index in [0.29, 0.717) is 12.7 Å². The van der Waals surface area contributed by atoms with Gasteiger partial charge in [0.15, 0.2) is 0 Å². The van der Waals surface area contributed by atoms with Crippen LogP contribution in [0.25, 0.3) is 10.9 Å². The highest BCUT2D eigenvalue weighted by Gasteiger charge is 2.31. The van der Waals surface area contributed by atoms with Gasteiger partial charge in [0, 0.05) is 29.9 Å². The summed E-state index contributed by atoms with van der Waals surface area (Å²) in [5.74, 6) is -11.0. The van der Waals surface area contributed by atoms with Gasteiger partial charge >= 0.3 is 5.97 Å². The molecule has 0 radical (unpaired) electrons. The van der Waals surface area contributed by atoms with Crippen molar-refractivity contribution in [3.05, 3.63) is 36.0 Å². The molecule has 362 valence electrons. The summed E-state index contributed by atoms with van der Waals surface area (Å²) < 4.78 is 0. The smallest absolute Gasteiger partial charge is 0.305 e. The molecule has 0 bridgehead atoms. The Hall–Kier alpha value is -7.48. The maximum Gasteiger partial charge on any atom is 0.305 e. The van der Waals surface area contributed by atoms with Gasteiger partial charge in [0.1, 0.15) is 36.5 Å². The second-order valence-corrected chi connectivity index (χ2v) is 15.0. The molecule has 0 aliphatic carbocycles. The Kier molecular flexibility index (Phi) is 22.9. The molecule has 0 aliphatic rings. The van der Waals surface area contributed by atoms with Crippen molar-refractivity contribution in [2.45, 2.75) is 89.1 Å². The Morgan fingerprint density at radius 2 is 1.32 bits per heavy atom. The topological polar surface area (TPSA) is 421 Å². The molecule has 0 saturated heterocycles. The number of hydrogen-bond acceptors (Lipinski definition) is 14. The van der Waals surface area contributed by atoms with Crippen molar-refractivity contribution in [2.24, 2.45) is 17.4 Å². The van der Waals surface area contributed by atoms with Gasteiger partial charge in [0.05, 0.1) is 45.2 Å². The third-order valence-corrected chi connectivity index (χ3v) is 9.83. The average molecular weight is 931 g/mol. The van der Waals surface area contributed by atoms with Gasteiger partial charge in [-0.3, -0.25) is 52.7 Å². The highest BCUT2D eigenvalue weighted by Crippen LogP contribution is 2.19. The minimum Gasteiger partial charge on any atom is -0.481 e. The van der Waals surface area contributed by atoms with Gasteiger partial charge in [-0.05, 0) is 30.9 Å². The number of fused-ring (bicyclic) bond motifs is 1. The minimum atomic E-state index is -1.76. The van der Waals surface area contributed by atoms with Gasteiger partial charge in [-0.25, -0.2) is 0 Å². The van der Waals surface area contributed by atoms with Crippen molar-refractivity contribution in [1.29, 1.82) is 0 Å². The van der Waals surface area contributed by atoms with Gasteiger partial charge in [-0.15, -0.1) is 0 Å². The van der Waals surface area contributed by atoms with E-state index < -0.39 is 146 Å². The summed E-state index contributed by atoms with van der Waals surface area (Å²) in [6, 6.07) is -0.866. The number of aromatic nitrogens is 1. The molecule has 0 fully saturated rings.